The third-order valence-corrected chi connectivity index (χ3v) is 4.53. The van der Waals surface area contributed by atoms with Crippen molar-refractivity contribution in [2.45, 2.75) is 52.7 Å². The number of carbonyl (C=O) groups excluding carboxylic acids is 2. The third kappa shape index (κ3) is 7.42. The van der Waals surface area contributed by atoms with E-state index in [4.69, 9.17) is 16.3 Å². The van der Waals surface area contributed by atoms with Crippen LogP contribution in [0.4, 0.5) is 0 Å². The van der Waals surface area contributed by atoms with Crippen LogP contribution in [0.1, 0.15) is 38.8 Å². The Morgan fingerprint density at radius 3 is 2.38 bits per heavy atom. The molecular weight excluding hydrogens is 388 g/mol. The predicted octanol–water partition coefficient (Wildman–Crippen LogP) is 4.36. The van der Waals surface area contributed by atoms with Crippen molar-refractivity contribution in [3.05, 3.63) is 64.7 Å². The number of benzene rings is 2. The number of aryl methyl sites for hydroxylation is 1. The van der Waals surface area contributed by atoms with Crippen molar-refractivity contribution in [2.24, 2.45) is 0 Å². The summed E-state index contributed by atoms with van der Waals surface area (Å²) in [5.41, 5.74) is 1.56. The fraction of sp³-hybridized carbons (Fsp3) is 0.391. The van der Waals surface area contributed by atoms with E-state index in [1.54, 1.807) is 19.1 Å². The van der Waals surface area contributed by atoms with Gasteiger partial charge in [-0.05, 0) is 64.4 Å². The van der Waals surface area contributed by atoms with Gasteiger partial charge in [-0.3, -0.25) is 9.59 Å². The van der Waals surface area contributed by atoms with E-state index in [0.717, 1.165) is 11.1 Å². The molecule has 156 valence electrons. The lowest BCUT2D eigenvalue weighted by molar-refractivity contribution is -0.142. The highest BCUT2D eigenvalue weighted by Gasteiger charge is 2.28. The maximum absolute atomic E-state index is 13.0. The highest BCUT2D eigenvalue weighted by atomic mass is 35.5. The first kappa shape index (κ1) is 22.8. The van der Waals surface area contributed by atoms with E-state index in [0.29, 0.717) is 10.8 Å². The van der Waals surface area contributed by atoms with Gasteiger partial charge in [0.05, 0.1) is 0 Å². The Kier molecular flexibility index (Phi) is 7.68. The summed E-state index contributed by atoms with van der Waals surface area (Å²) in [5, 5.41) is 3.51. The molecule has 0 radical (unpaired) electrons. The van der Waals surface area contributed by atoms with E-state index in [-0.39, 0.29) is 25.0 Å². The minimum absolute atomic E-state index is 0.156. The quantitative estimate of drug-likeness (QED) is 0.729. The molecule has 0 heterocycles. The van der Waals surface area contributed by atoms with Crippen LogP contribution in [0.3, 0.4) is 0 Å². The zero-order chi connectivity index (χ0) is 21.6. The van der Waals surface area contributed by atoms with Crippen molar-refractivity contribution in [1.29, 1.82) is 0 Å². The van der Waals surface area contributed by atoms with E-state index in [9.17, 15) is 9.59 Å². The molecule has 2 aromatic rings. The monoisotopic (exact) mass is 416 g/mol. The number of nitrogens with one attached hydrogen (secondary N) is 1. The van der Waals surface area contributed by atoms with Gasteiger partial charge in [-0.15, -0.1) is 0 Å². The molecule has 2 rings (SSSR count). The van der Waals surface area contributed by atoms with Crippen molar-refractivity contribution in [3.63, 3.8) is 0 Å². The molecule has 2 aromatic carbocycles. The Balaban J connectivity index is 2.16. The summed E-state index contributed by atoms with van der Waals surface area (Å²) in [6.45, 7) is 9.52. The molecule has 6 heteroatoms. The fourth-order valence-electron chi connectivity index (χ4n) is 2.75. The van der Waals surface area contributed by atoms with Gasteiger partial charge in [-0.25, -0.2) is 0 Å². The standard InChI is InChI=1S/C23H29ClN2O3/c1-16-9-11-20(12-10-16)29-15-21(27)26(14-18-7-6-8-19(24)13-18)17(2)22(28)25-23(3,4)5/h6-13,17H,14-15H2,1-5H3,(H,25,28)/t17-/m1/s1. The maximum atomic E-state index is 13.0. The average Bonchev–Trinajstić information content (AvgIpc) is 2.63. The van der Waals surface area contributed by atoms with Crippen molar-refractivity contribution < 1.29 is 14.3 Å². The molecule has 5 nitrogen and oxygen atoms in total. The minimum Gasteiger partial charge on any atom is -0.484 e. The first-order valence-electron chi connectivity index (χ1n) is 9.60. The average molecular weight is 417 g/mol. The highest BCUT2D eigenvalue weighted by molar-refractivity contribution is 6.30. The predicted molar refractivity (Wildman–Crippen MR) is 116 cm³/mol. The second-order valence-electron chi connectivity index (χ2n) is 8.17. The van der Waals surface area contributed by atoms with Crippen molar-refractivity contribution in [2.75, 3.05) is 6.61 Å². The van der Waals surface area contributed by atoms with Crippen LogP contribution < -0.4 is 10.1 Å². The summed E-state index contributed by atoms with van der Waals surface area (Å²) in [5.74, 6) is 0.115. The van der Waals surface area contributed by atoms with Crippen LogP contribution in [0.2, 0.25) is 5.02 Å². The fourth-order valence-corrected chi connectivity index (χ4v) is 2.96. The Hall–Kier alpha value is -2.53. The molecule has 0 aliphatic rings. The largest absolute Gasteiger partial charge is 0.484 e. The van der Waals surface area contributed by atoms with E-state index in [1.807, 2.05) is 64.1 Å². The van der Waals surface area contributed by atoms with Crippen LogP contribution in [-0.4, -0.2) is 34.9 Å². The molecule has 0 saturated carbocycles. The van der Waals surface area contributed by atoms with Crippen molar-refractivity contribution in [3.8, 4) is 5.75 Å². The summed E-state index contributed by atoms with van der Waals surface area (Å²) in [6.07, 6.45) is 0. The molecule has 1 N–H and O–H groups in total. The molecular formula is C23H29ClN2O3. The lowest BCUT2D eigenvalue weighted by atomic mass is 10.1. The van der Waals surface area contributed by atoms with Gasteiger partial charge in [-0.2, -0.15) is 0 Å². The molecule has 1 atom stereocenters. The second kappa shape index (κ2) is 9.79. The number of hydrogen-bond acceptors (Lipinski definition) is 3. The lowest BCUT2D eigenvalue weighted by Crippen LogP contribution is -2.53. The number of amides is 2. The number of hydrogen-bond donors (Lipinski definition) is 1. The summed E-state index contributed by atoms with van der Waals surface area (Å²) >= 11 is 6.08. The van der Waals surface area contributed by atoms with E-state index in [2.05, 4.69) is 5.32 Å². The topological polar surface area (TPSA) is 58.6 Å². The van der Waals surface area contributed by atoms with Crippen LogP contribution in [-0.2, 0) is 16.1 Å². The summed E-state index contributed by atoms with van der Waals surface area (Å²) in [4.78, 5) is 27.2. The first-order valence-corrected chi connectivity index (χ1v) is 9.98. The lowest BCUT2D eigenvalue weighted by Gasteiger charge is -2.31. The van der Waals surface area contributed by atoms with Crippen LogP contribution in [0.5, 0.6) is 5.75 Å². The molecule has 0 aliphatic carbocycles. The zero-order valence-corrected chi connectivity index (χ0v) is 18.4. The third-order valence-electron chi connectivity index (χ3n) is 4.29. The normalized spacial score (nSPS) is 12.2. The number of ether oxygens (including phenoxy) is 1. The Morgan fingerprint density at radius 2 is 1.79 bits per heavy atom. The van der Waals surface area contributed by atoms with E-state index >= 15 is 0 Å². The molecule has 0 aromatic heterocycles. The van der Waals surface area contributed by atoms with E-state index < -0.39 is 11.6 Å². The molecule has 0 unspecified atom stereocenters. The second-order valence-corrected chi connectivity index (χ2v) is 8.60. The smallest absolute Gasteiger partial charge is 0.261 e. The van der Waals surface area contributed by atoms with Gasteiger partial charge in [0.25, 0.3) is 5.91 Å². The van der Waals surface area contributed by atoms with E-state index in [1.165, 1.54) is 4.90 Å². The van der Waals surface area contributed by atoms with Crippen LogP contribution in [0.15, 0.2) is 48.5 Å². The number of rotatable bonds is 7. The zero-order valence-electron chi connectivity index (χ0n) is 17.7. The van der Waals surface area contributed by atoms with Gasteiger partial charge in [0, 0.05) is 17.1 Å². The number of halogens is 1. The molecule has 0 fully saturated rings. The molecule has 29 heavy (non-hydrogen) atoms. The van der Waals surface area contributed by atoms with Gasteiger partial charge >= 0.3 is 0 Å². The molecule has 0 spiro atoms. The maximum Gasteiger partial charge on any atom is 0.261 e. The van der Waals surface area contributed by atoms with Crippen LogP contribution in [0.25, 0.3) is 0 Å². The molecule has 0 aliphatic heterocycles. The van der Waals surface area contributed by atoms with Crippen LogP contribution >= 0.6 is 11.6 Å². The summed E-state index contributed by atoms with van der Waals surface area (Å²) in [7, 11) is 0. The summed E-state index contributed by atoms with van der Waals surface area (Å²) < 4.78 is 5.65. The van der Waals surface area contributed by atoms with Crippen molar-refractivity contribution in [1.82, 2.24) is 10.2 Å². The Bertz CT molecular complexity index is 844. The molecule has 0 saturated heterocycles. The van der Waals surface area contributed by atoms with Gasteiger partial charge in [-0.1, -0.05) is 41.4 Å². The Morgan fingerprint density at radius 1 is 1.14 bits per heavy atom. The van der Waals surface area contributed by atoms with Crippen molar-refractivity contribution >= 4 is 23.4 Å². The van der Waals surface area contributed by atoms with Gasteiger partial charge in [0.1, 0.15) is 11.8 Å². The van der Waals surface area contributed by atoms with Gasteiger partial charge in [0.15, 0.2) is 6.61 Å². The number of nitrogens with zero attached hydrogens (tertiary/aromatic N) is 1. The molecule has 2 amide bonds. The number of carbonyl (C=O) groups is 2. The van der Waals surface area contributed by atoms with Crippen LogP contribution in [0, 0.1) is 6.92 Å². The summed E-state index contributed by atoms with van der Waals surface area (Å²) in [6, 6.07) is 14.1. The van der Waals surface area contributed by atoms with Gasteiger partial charge < -0.3 is 15.0 Å². The van der Waals surface area contributed by atoms with Gasteiger partial charge in [0.2, 0.25) is 5.91 Å². The Labute approximate surface area is 178 Å². The highest BCUT2D eigenvalue weighted by Crippen LogP contribution is 2.16. The minimum atomic E-state index is -0.665. The first-order chi connectivity index (χ1) is 13.5. The SMILES string of the molecule is Cc1ccc(OCC(=O)N(Cc2cccc(Cl)c2)[C@H](C)C(=O)NC(C)(C)C)cc1. The molecule has 0 bridgehead atoms.